The summed E-state index contributed by atoms with van der Waals surface area (Å²) >= 11 is 0. The van der Waals surface area contributed by atoms with Crippen molar-refractivity contribution in [3.63, 3.8) is 0 Å². The molecule has 0 radical (unpaired) electrons. The van der Waals surface area contributed by atoms with Gasteiger partial charge in [-0.25, -0.2) is 14.8 Å². The van der Waals surface area contributed by atoms with Gasteiger partial charge in [-0.3, -0.25) is 10.1 Å². The lowest BCUT2D eigenvalue weighted by atomic mass is 10.2. The summed E-state index contributed by atoms with van der Waals surface area (Å²) in [6.07, 6.45) is 2.14. The Hall–Kier alpha value is -4.29. The third-order valence-corrected chi connectivity index (χ3v) is 3.90. The zero-order valence-corrected chi connectivity index (χ0v) is 16.6. The van der Waals surface area contributed by atoms with Gasteiger partial charge in [-0.05, 0) is 11.3 Å². The minimum Gasteiger partial charge on any atom is -0.492 e. The molecule has 3 N–H and O–H groups in total. The number of carbonyl (C=O) groups excluding carboxylic acids is 2. The molecule has 0 unspecified atom stereocenters. The molecule has 0 aliphatic carbocycles. The first-order chi connectivity index (χ1) is 14.5. The van der Waals surface area contributed by atoms with E-state index in [4.69, 9.17) is 4.74 Å². The van der Waals surface area contributed by atoms with Crippen LogP contribution in [-0.4, -0.2) is 63.4 Å². The Bertz CT molecular complexity index is 1080. The molecular weight excluding hydrogens is 394 g/mol. The summed E-state index contributed by atoms with van der Waals surface area (Å²) in [7, 11) is 5.84. The number of carbonyl (C=O) groups is 2. The van der Waals surface area contributed by atoms with E-state index >= 15 is 0 Å². The van der Waals surface area contributed by atoms with E-state index in [-0.39, 0.29) is 17.3 Å². The summed E-state index contributed by atoms with van der Waals surface area (Å²) < 4.78 is 10.1. The number of hydrogen-bond acceptors (Lipinski definition) is 10. The van der Waals surface area contributed by atoms with Crippen LogP contribution in [0, 0.1) is 0 Å². The molecule has 0 spiro atoms. The van der Waals surface area contributed by atoms with Crippen molar-refractivity contribution in [2.75, 3.05) is 31.9 Å². The maximum Gasteiger partial charge on any atom is 0.412 e. The van der Waals surface area contributed by atoms with E-state index in [1.165, 1.54) is 44.5 Å². The highest BCUT2D eigenvalue weighted by Crippen LogP contribution is 2.35. The highest BCUT2D eigenvalue weighted by Gasteiger charge is 2.19. The van der Waals surface area contributed by atoms with Gasteiger partial charge < -0.3 is 20.1 Å². The van der Waals surface area contributed by atoms with Gasteiger partial charge in [-0.15, -0.1) is 10.2 Å². The second-order valence-electron chi connectivity index (χ2n) is 5.78. The summed E-state index contributed by atoms with van der Waals surface area (Å²) in [6.45, 7) is 0. The Balaban J connectivity index is 2.05. The third kappa shape index (κ3) is 4.24. The van der Waals surface area contributed by atoms with Crippen LogP contribution in [0.25, 0.3) is 11.4 Å². The molecular formula is C17H19N9O4. The van der Waals surface area contributed by atoms with E-state index in [9.17, 15) is 9.59 Å². The first-order valence-corrected chi connectivity index (χ1v) is 8.58. The monoisotopic (exact) mass is 413 g/mol. The summed E-state index contributed by atoms with van der Waals surface area (Å²) in [5, 5.41) is 20.0. The maximum absolute atomic E-state index is 12.3. The molecule has 13 heteroatoms. The van der Waals surface area contributed by atoms with Gasteiger partial charge in [0.2, 0.25) is 5.82 Å². The van der Waals surface area contributed by atoms with Crippen molar-refractivity contribution in [3.05, 3.63) is 30.1 Å². The highest BCUT2D eigenvalue weighted by molar-refractivity contribution is 6.01. The van der Waals surface area contributed by atoms with E-state index < -0.39 is 6.09 Å². The maximum atomic E-state index is 12.3. The Labute approximate surface area is 170 Å². The predicted octanol–water partition coefficient (Wildman–Crippen LogP) is 0.957. The van der Waals surface area contributed by atoms with Gasteiger partial charge in [-0.1, -0.05) is 0 Å². The van der Waals surface area contributed by atoms with Crippen molar-refractivity contribution in [1.29, 1.82) is 0 Å². The highest BCUT2D eigenvalue weighted by atomic mass is 16.5. The van der Waals surface area contributed by atoms with Gasteiger partial charge in [0.05, 0.1) is 38.1 Å². The fourth-order valence-corrected chi connectivity index (χ4v) is 2.54. The van der Waals surface area contributed by atoms with Crippen molar-refractivity contribution >= 4 is 29.3 Å². The second-order valence-corrected chi connectivity index (χ2v) is 5.78. The molecule has 0 saturated carbocycles. The van der Waals surface area contributed by atoms with Crippen molar-refractivity contribution < 1.29 is 19.1 Å². The predicted molar refractivity (Wildman–Crippen MR) is 106 cm³/mol. The molecule has 3 rings (SSSR count). The van der Waals surface area contributed by atoms with Gasteiger partial charge in [0, 0.05) is 25.5 Å². The standard InChI is InChI=1S/C17H19N9O4/c1-18-16(27)10-8-20-12(22-17(28)30-4)7-11(10)21-15-13(29-3)9(5-6-19-15)14-23-25-26(2)24-14/h5-8H,1-4H3,(H,18,27)(H2,19,20,21,22,28). The third-order valence-electron chi connectivity index (χ3n) is 3.90. The van der Waals surface area contributed by atoms with Crippen molar-refractivity contribution in [2.45, 2.75) is 0 Å². The molecule has 3 aromatic heterocycles. The molecule has 0 saturated heterocycles. The number of methoxy groups -OCH3 is 2. The molecule has 3 heterocycles. The van der Waals surface area contributed by atoms with Crippen molar-refractivity contribution in [2.24, 2.45) is 7.05 Å². The molecule has 0 fully saturated rings. The van der Waals surface area contributed by atoms with Crippen LogP contribution in [0.3, 0.4) is 0 Å². The fraction of sp³-hybridized carbons (Fsp3) is 0.235. The Morgan fingerprint density at radius 2 is 2.00 bits per heavy atom. The van der Waals surface area contributed by atoms with Crippen LogP contribution < -0.4 is 20.7 Å². The number of rotatable bonds is 6. The number of ether oxygens (including phenoxy) is 2. The van der Waals surface area contributed by atoms with Crippen LogP contribution in [0.5, 0.6) is 5.75 Å². The lowest BCUT2D eigenvalue weighted by molar-refractivity contribution is 0.0963. The lowest BCUT2D eigenvalue weighted by Gasteiger charge is -2.15. The number of nitrogens with zero attached hydrogens (tertiary/aromatic N) is 6. The summed E-state index contributed by atoms with van der Waals surface area (Å²) in [4.78, 5) is 33.4. The summed E-state index contributed by atoms with van der Waals surface area (Å²) in [5.74, 6) is 0.757. The first kappa shape index (κ1) is 20.4. The molecule has 156 valence electrons. The van der Waals surface area contributed by atoms with E-state index in [1.807, 2.05) is 0 Å². The number of hydrogen-bond donors (Lipinski definition) is 3. The second kappa shape index (κ2) is 8.81. The fourth-order valence-electron chi connectivity index (χ4n) is 2.54. The van der Waals surface area contributed by atoms with Crippen LogP contribution in [0.4, 0.5) is 22.1 Å². The first-order valence-electron chi connectivity index (χ1n) is 8.58. The zero-order chi connectivity index (χ0) is 21.7. The van der Waals surface area contributed by atoms with Gasteiger partial charge in [0.25, 0.3) is 5.91 Å². The molecule has 0 aliphatic rings. The van der Waals surface area contributed by atoms with Gasteiger partial charge in [0.1, 0.15) is 5.82 Å². The van der Waals surface area contributed by atoms with E-state index in [0.717, 1.165) is 0 Å². The Morgan fingerprint density at radius 3 is 2.63 bits per heavy atom. The molecule has 2 amide bonds. The average Bonchev–Trinajstić information content (AvgIpc) is 3.19. The Kier molecular flexibility index (Phi) is 6.00. The number of aromatic nitrogens is 6. The largest absolute Gasteiger partial charge is 0.492 e. The number of pyridine rings is 2. The van der Waals surface area contributed by atoms with Gasteiger partial charge in [-0.2, -0.15) is 4.80 Å². The minimum atomic E-state index is -0.701. The van der Waals surface area contributed by atoms with Crippen LogP contribution in [0.15, 0.2) is 24.5 Å². The van der Waals surface area contributed by atoms with Crippen LogP contribution in [0.1, 0.15) is 10.4 Å². The average molecular weight is 413 g/mol. The van der Waals surface area contributed by atoms with E-state index in [0.29, 0.717) is 28.6 Å². The van der Waals surface area contributed by atoms with Gasteiger partial charge in [0.15, 0.2) is 11.6 Å². The van der Waals surface area contributed by atoms with E-state index in [2.05, 4.69) is 46.1 Å². The summed E-state index contributed by atoms with van der Waals surface area (Å²) in [6, 6.07) is 3.15. The number of anilines is 3. The van der Waals surface area contributed by atoms with Crippen molar-refractivity contribution in [3.8, 4) is 17.1 Å². The summed E-state index contributed by atoms with van der Waals surface area (Å²) in [5.41, 5.74) is 1.09. The molecule has 0 atom stereocenters. The minimum absolute atomic E-state index is 0.169. The number of tetrazole rings is 1. The molecule has 0 aliphatic heterocycles. The van der Waals surface area contributed by atoms with Crippen LogP contribution in [-0.2, 0) is 11.8 Å². The number of aryl methyl sites for hydroxylation is 1. The SMILES string of the molecule is CNC(=O)c1cnc(NC(=O)OC)cc1Nc1nccc(-c2nnn(C)n2)c1OC. The topological polar surface area (TPSA) is 158 Å². The molecule has 0 aromatic carbocycles. The van der Waals surface area contributed by atoms with Gasteiger partial charge >= 0.3 is 6.09 Å². The molecule has 30 heavy (non-hydrogen) atoms. The van der Waals surface area contributed by atoms with E-state index in [1.54, 1.807) is 13.1 Å². The number of nitrogens with one attached hydrogen (secondary N) is 3. The zero-order valence-electron chi connectivity index (χ0n) is 16.6. The normalized spacial score (nSPS) is 10.3. The smallest absolute Gasteiger partial charge is 0.412 e. The Morgan fingerprint density at radius 1 is 1.20 bits per heavy atom. The lowest BCUT2D eigenvalue weighted by Crippen LogP contribution is -2.20. The molecule has 0 bridgehead atoms. The van der Waals surface area contributed by atoms with Crippen LogP contribution >= 0.6 is 0 Å². The quantitative estimate of drug-likeness (QED) is 0.531. The molecule has 3 aromatic rings. The van der Waals surface area contributed by atoms with Crippen molar-refractivity contribution in [1.82, 2.24) is 35.5 Å². The van der Waals surface area contributed by atoms with Crippen LogP contribution in [0.2, 0.25) is 0 Å². The molecule has 13 nitrogen and oxygen atoms in total. The number of amides is 2.